The maximum Gasteiger partial charge on any atom is 0.251 e. The third-order valence-electron chi connectivity index (χ3n) is 3.47. The smallest absolute Gasteiger partial charge is 0.251 e. The van der Waals surface area contributed by atoms with Gasteiger partial charge in [-0.05, 0) is 49.9 Å². The van der Waals surface area contributed by atoms with Crippen LogP contribution in [0.25, 0.3) is 11.4 Å². The molecule has 2 aromatic rings. The molecular formula is C15H15BrN2O. The van der Waals surface area contributed by atoms with Gasteiger partial charge in [-0.25, -0.2) is 4.98 Å². The van der Waals surface area contributed by atoms with Crippen molar-refractivity contribution in [2.45, 2.75) is 32.6 Å². The van der Waals surface area contributed by atoms with Gasteiger partial charge >= 0.3 is 0 Å². The highest BCUT2D eigenvalue weighted by Crippen LogP contribution is 2.38. The first-order chi connectivity index (χ1) is 9.04. The highest BCUT2D eigenvalue weighted by atomic mass is 79.9. The molecule has 1 aliphatic carbocycles. The molecule has 0 atom stereocenters. The van der Waals surface area contributed by atoms with Crippen LogP contribution in [-0.2, 0) is 0 Å². The zero-order chi connectivity index (χ0) is 13.6. The fraction of sp³-hybridized carbons (Fsp3) is 0.333. The van der Waals surface area contributed by atoms with Gasteiger partial charge in [0.1, 0.15) is 5.82 Å². The largest absolute Gasteiger partial charge is 0.307 e. The van der Waals surface area contributed by atoms with Crippen LogP contribution in [0.5, 0.6) is 0 Å². The molecule has 1 aliphatic rings. The molecule has 1 fully saturated rings. The first-order valence-electron chi connectivity index (χ1n) is 6.43. The quantitative estimate of drug-likeness (QED) is 0.917. The SMILES string of the molecule is Cc1cc(-c2nc(C3CC3)cc(=O)[nH]2)cc(C)c1Br. The van der Waals surface area contributed by atoms with Crippen LogP contribution in [-0.4, -0.2) is 9.97 Å². The van der Waals surface area contributed by atoms with Gasteiger partial charge in [-0.15, -0.1) is 0 Å². The summed E-state index contributed by atoms with van der Waals surface area (Å²) in [6.45, 7) is 4.09. The van der Waals surface area contributed by atoms with E-state index in [4.69, 9.17) is 0 Å². The number of nitrogens with zero attached hydrogens (tertiary/aromatic N) is 1. The highest BCUT2D eigenvalue weighted by Gasteiger charge is 2.26. The molecular weight excluding hydrogens is 304 g/mol. The van der Waals surface area contributed by atoms with Crippen LogP contribution in [0.1, 0.15) is 35.6 Å². The Balaban J connectivity index is 2.13. The van der Waals surface area contributed by atoms with Crippen LogP contribution >= 0.6 is 15.9 Å². The normalized spacial score (nSPS) is 14.7. The number of hydrogen-bond donors (Lipinski definition) is 1. The molecule has 0 bridgehead atoms. The number of hydrogen-bond acceptors (Lipinski definition) is 2. The maximum atomic E-state index is 11.7. The monoisotopic (exact) mass is 318 g/mol. The molecule has 1 aromatic carbocycles. The molecule has 4 heteroatoms. The lowest BCUT2D eigenvalue weighted by atomic mass is 10.1. The van der Waals surface area contributed by atoms with Crippen LogP contribution in [0.15, 0.2) is 27.5 Å². The van der Waals surface area contributed by atoms with Gasteiger partial charge in [0.15, 0.2) is 0 Å². The minimum Gasteiger partial charge on any atom is -0.307 e. The molecule has 3 rings (SSSR count). The number of H-pyrrole nitrogens is 1. The van der Waals surface area contributed by atoms with Crippen molar-refractivity contribution in [2.75, 3.05) is 0 Å². The lowest BCUT2D eigenvalue weighted by molar-refractivity contribution is 0.976. The van der Waals surface area contributed by atoms with Crippen LogP contribution in [0.4, 0.5) is 0 Å². The Morgan fingerprint density at radius 1 is 1.21 bits per heavy atom. The van der Waals surface area contributed by atoms with Gasteiger partial charge in [0.2, 0.25) is 0 Å². The molecule has 0 amide bonds. The first-order valence-corrected chi connectivity index (χ1v) is 7.22. The minimum atomic E-state index is -0.0647. The van der Waals surface area contributed by atoms with E-state index in [-0.39, 0.29) is 5.56 Å². The van der Waals surface area contributed by atoms with Crippen molar-refractivity contribution in [3.8, 4) is 11.4 Å². The molecule has 0 aliphatic heterocycles. The summed E-state index contributed by atoms with van der Waals surface area (Å²) in [5, 5.41) is 0. The Morgan fingerprint density at radius 2 is 1.84 bits per heavy atom. The maximum absolute atomic E-state index is 11.7. The van der Waals surface area contributed by atoms with Gasteiger partial charge < -0.3 is 4.98 Å². The second-order valence-corrected chi connectivity index (χ2v) is 6.01. The second kappa shape index (κ2) is 4.60. The first kappa shape index (κ1) is 12.6. The zero-order valence-corrected chi connectivity index (χ0v) is 12.5. The standard InChI is InChI=1S/C15H15BrN2O/c1-8-5-11(6-9(2)14(8)16)15-17-12(10-3-4-10)7-13(19)18-15/h5-7,10H,3-4H2,1-2H3,(H,17,18,19). The number of aromatic nitrogens is 2. The predicted octanol–water partition coefficient (Wildman–Crippen LogP) is 3.69. The van der Waals surface area contributed by atoms with E-state index in [0.29, 0.717) is 11.7 Å². The number of aromatic amines is 1. The average molecular weight is 319 g/mol. The lowest BCUT2D eigenvalue weighted by Crippen LogP contribution is -2.10. The molecule has 0 unspecified atom stereocenters. The third-order valence-corrected chi connectivity index (χ3v) is 4.72. The summed E-state index contributed by atoms with van der Waals surface area (Å²) in [7, 11) is 0. The van der Waals surface area contributed by atoms with Crippen molar-refractivity contribution in [3.63, 3.8) is 0 Å². The van der Waals surface area contributed by atoms with Crippen molar-refractivity contribution in [1.29, 1.82) is 0 Å². The molecule has 19 heavy (non-hydrogen) atoms. The lowest BCUT2D eigenvalue weighted by Gasteiger charge is -2.08. The Hall–Kier alpha value is -1.42. The minimum absolute atomic E-state index is 0.0647. The Bertz CT molecular complexity index is 679. The summed E-state index contributed by atoms with van der Waals surface area (Å²) >= 11 is 3.56. The van der Waals surface area contributed by atoms with Crippen molar-refractivity contribution in [2.24, 2.45) is 0 Å². The molecule has 98 valence electrons. The molecule has 0 radical (unpaired) electrons. The van der Waals surface area contributed by atoms with E-state index in [1.165, 1.54) is 0 Å². The van der Waals surface area contributed by atoms with Crippen molar-refractivity contribution < 1.29 is 0 Å². The number of halogens is 1. The summed E-state index contributed by atoms with van der Waals surface area (Å²) in [6.07, 6.45) is 2.29. The van der Waals surface area contributed by atoms with E-state index in [1.54, 1.807) is 6.07 Å². The summed E-state index contributed by atoms with van der Waals surface area (Å²) in [6, 6.07) is 5.72. The Kier molecular flexibility index (Phi) is 3.05. The molecule has 1 N–H and O–H groups in total. The third kappa shape index (κ3) is 2.50. The van der Waals surface area contributed by atoms with E-state index >= 15 is 0 Å². The van der Waals surface area contributed by atoms with Crippen LogP contribution in [0.3, 0.4) is 0 Å². The molecule has 0 spiro atoms. The highest BCUT2D eigenvalue weighted by molar-refractivity contribution is 9.10. The van der Waals surface area contributed by atoms with E-state index in [9.17, 15) is 4.79 Å². The van der Waals surface area contributed by atoms with E-state index < -0.39 is 0 Å². The molecule has 0 saturated heterocycles. The van der Waals surface area contributed by atoms with Crippen LogP contribution < -0.4 is 5.56 Å². The molecule has 1 heterocycles. The van der Waals surface area contributed by atoms with Gasteiger partial charge in [-0.3, -0.25) is 4.79 Å². The number of benzene rings is 1. The van der Waals surface area contributed by atoms with E-state index in [2.05, 4.69) is 25.9 Å². The summed E-state index contributed by atoms with van der Waals surface area (Å²) in [5.74, 6) is 1.16. The van der Waals surface area contributed by atoms with Crippen molar-refractivity contribution in [3.05, 3.63) is 49.8 Å². The van der Waals surface area contributed by atoms with Gasteiger partial charge in [0.25, 0.3) is 5.56 Å². The summed E-state index contributed by atoms with van der Waals surface area (Å²) < 4.78 is 1.11. The fourth-order valence-corrected chi connectivity index (χ4v) is 2.51. The summed E-state index contributed by atoms with van der Waals surface area (Å²) in [5.41, 5.74) is 4.13. The molecule has 1 aromatic heterocycles. The summed E-state index contributed by atoms with van der Waals surface area (Å²) in [4.78, 5) is 19.2. The molecule has 1 saturated carbocycles. The van der Waals surface area contributed by atoms with Crippen LogP contribution in [0.2, 0.25) is 0 Å². The van der Waals surface area contributed by atoms with Crippen molar-refractivity contribution in [1.82, 2.24) is 9.97 Å². The predicted molar refractivity (Wildman–Crippen MR) is 79.4 cm³/mol. The fourth-order valence-electron chi connectivity index (χ4n) is 2.28. The van der Waals surface area contributed by atoms with Gasteiger partial charge in [-0.1, -0.05) is 15.9 Å². The number of nitrogens with one attached hydrogen (secondary N) is 1. The molecule has 3 nitrogen and oxygen atoms in total. The van der Waals surface area contributed by atoms with Crippen molar-refractivity contribution >= 4 is 15.9 Å². The average Bonchev–Trinajstić information content (AvgIpc) is 3.18. The van der Waals surface area contributed by atoms with Gasteiger partial charge in [-0.2, -0.15) is 0 Å². The zero-order valence-electron chi connectivity index (χ0n) is 11.0. The van der Waals surface area contributed by atoms with Gasteiger partial charge in [0.05, 0.1) is 5.69 Å². The topological polar surface area (TPSA) is 45.8 Å². The Labute approximate surface area is 120 Å². The van der Waals surface area contributed by atoms with Gasteiger partial charge in [0, 0.05) is 22.0 Å². The number of aryl methyl sites for hydroxylation is 2. The Morgan fingerprint density at radius 3 is 2.42 bits per heavy atom. The second-order valence-electron chi connectivity index (χ2n) is 5.22. The van der Waals surface area contributed by atoms with E-state index in [1.807, 2.05) is 26.0 Å². The number of rotatable bonds is 2. The van der Waals surface area contributed by atoms with Crippen LogP contribution in [0, 0.1) is 13.8 Å². The van der Waals surface area contributed by atoms with E-state index in [0.717, 1.165) is 39.7 Å².